The number of amides is 1. The van der Waals surface area contributed by atoms with Crippen LogP contribution in [0.1, 0.15) is 29.8 Å². The molecular weight excluding hydrogens is 330 g/mol. The predicted molar refractivity (Wildman–Crippen MR) is 89.8 cm³/mol. The molecule has 0 saturated heterocycles. The summed E-state index contributed by atoms with van der Waals surface area (Å²) in [5.74, 6) is 0.141. The van der Waals surface area contributed by atoms with Crippen LogP contribution in [0.25, 0.3) is 0 Å². The predicted octanol–water partition coefficient (Wildman–Crippen LogP) is 0.874. The summed E-state index contributed by atoms with van der Waals surface area (Å²) in [6.07, 6.45) is 2.88. The van der Waals surface area contributed by atoms with E-state index in [0.717, 1.165) is 5.56 Å². The van der Waals surface area contributed by atoms with Gasteiger partial charge >= 0.3 is 0 Å². The van der Waals surface area contributed by atoms with Crippen molar-refractivity contribution in [1.29, 1.82) is 0 Å². The maximum atomic E-state index is 12.1. The van der Waals surface area contributed by atoms with E-state index in [0.29, 0.717) is 11.5 Å². The molecule has 0 fully saturated rings. The monoisotopic (exact) mass is 349 g/mol. The van der Waals surface area contributed by atoms with Crippen LogP contribution in [0.15, 0.2) is 41.6 Å². The molecule has 128 valence electrons. The number of nitrogens with two attached hydrogens (primary N) is 1. The van der Waals surface area contributed by atoms with Gasteiger partial charge in [-0.3, -0.25) is 4.79 Å². The zero-order chi connectivity index (χ0) is 17.7. The van der Waals surface area contributed by atoms with Crippen molar-refractivity contribution in [2.24, 2.45) is 5.14 Å². The van der Waals surface area contributed by atoms with Gasteiger partial charge in [-0.25, -0.2) is 23.5 Å². The minimum Gasteiger partial charge on any atom is -0.352 e. The Morgan fingerprint density at radius 1 is 1.17 bits per heavy atom. The number of carbonyl (C=O) groups is 1. The summed E-state index contributed by atoms with van der Waals surface area (Å²) in [6.45, 7) is 4.17. The molecule has 0 aliphatic heterocycles. The van der Waals surface area contributed by atoms with Crippen molar-refractivity contribution >= 4 is 21.9 Å². The first kappa shape index (κ1) is 17.8. The van der Waals surface area contributed by atoms with E-state index >= 15 is 0 Å². The van der Waals surface area contributed by atoms with Crippen molar-refractivity contribution < 1.29 is 13.2 Å². The third-order valence-corrected chi connectivity index (χ3v) is 3.97. The largest absolute Gasteiger partial charge is 0.352 e. The fraction of sp³-hybridized carbons (Fsp3) is 0.267. The van der Waals surface area contributed by atoms with Crippen molar-refractivity contribution in [2.75, 3.05) is 5.32 Å². The second-order valence-corrected chi connectivity index (χ2v) is 7.03. The molecule has 1 aromatic heterocycles. The van der Waals surface area contributed by atoms with E-state index in [-0.39, 0.29) is 23.4 Å². The van der Waals surface area contributed by atoms with Gasteiger partial charge < -0.3 is 10.6 Å². The normalized spacial score (nSPS) is 11.3. The highest BCUT2D eigenvalue weighted by atomic mass is 32.2. The lowest BCUT2D eigenvalue weighted by atomic mass is 10.2. The van der Waals surface area contributed by atoms with Crippen LogP contribution in [-0.2, 0) is 16.6 Å². The number of hydrogen-bond donors (Lipinski definition) is 3. The Labute approximate surface area is 140 Å². The fourth-order valence-electron chi connectivity index (χ4n) is 1.86. The van der Waals surface area contributed by atoms with E-state index in [1.165, 1.54) is 24.5 Å². The number of aromatic nitrogens is 2. The summed E-state index contributed by atoms with van der Waals surface area (Å²) in [5.41, 5.74) is 1.08. The lowest BCUT2D eigenvalue weighted by Gasteiger charge is -2.09. The molecule has 0 atom stereocenters. The number of anilines is 1. The number of carbonyl (C=O) groups excluding carboxylic acids is 1. The molecule has 0 aliphatic rings. The number of nitrogens with one attached hydrogen (secondary N) is 2. The van der Waals surface area contributed by atoms with Gasteiger partial charge in [0.05, 0.1) is 10.5 Å². The third-order valence-electron chi connectivity index (χ3n) is 3.04. The minimum absolute atomic E-state index is 0.0271. The Hall–Kier alpha value is -2.52. The van der Waals surface area contributed by atoms with Crippen LogP contribution in [0, 0.1) is 0 Å². The smallest absolute Gasteiger partial charge is 0.254 e. The first-order valence-corrected chi connectivity index (χ1v) is 8.79. The van der Waals surface area contributed by atoms with Gasteiger partial charge in [0.2, 0.25) is 16.0 Å². The quantitative estimate of drug-likeness (QED) is 0.710. The second kappa shape index (κ2) is 7.37. The molecule has 2 aromatic rings. The molecule has 0 bridgehead atoms. The highest BCUT2D eigenvalue weighted by Crippen LogP contribution is 2.09. The number of rotatable bonds is 6. The van der Waals surface area contributed by atoms with Gasteiger partial charge in [0.15, 0.2) is 0 Å². The number of hydrogen-bond acceptors (Lipinski definition) is 6. The van der Waals surface area contributed by atoms with Gasteiger partial charge in [0.25, 0.3) is 5.91 Å². The van der Waals surface area contributed by atoms with Gasteiger partial charge in [-0.05, 0) is 31.5 Å². The van der Waals surface area contributed by atoms with Crippen LogP contribution in [0.2, 0.25) is 0 Å². The zero-order valence-electron chi connectivity index (χ0n) is 13.4. The number of primary sulfonamides is 1. The minimum atomic E-state index is -3.72. The molecule has 24 heavy (non-hydrogen) atoms. The van der Waals surface area contributed by atoms with E-state index in [1.54, 1.807) is 12.1 Å². The average Bonchev–Trinajstić information content (AvgIpc) is 2.52. The number of nitrogens with zero attached hydrogens (tertiary/aromatic N) is 2. The molecule has 0 saturated carbocycles. The van der Waals surface area contributed by atoms with Crippen molar-refractivity contribution in [1.82, 2.24) is 15.3 Å². The van der Waals surface area contributed by atoms with Crippen LogP contribution in [-0.4, -0.2) is 30.3 Å². The Bertz CT molecular complexity index is 802. The van der Waals surface area contributed by atoms with E-state index in [9.17, 15) is 13.2 Å². The molecule has 1 aromatic carbocycles. The molecule has 1 amide bonds. The lowest BCUT2D eigenvalue weighted by Crippen LogP contribution is -2.23. The summed E-state index contributed by atoms with van der Waals surface area (Å²) < 4.78 is 22.4. The number of benzene rings is 1. The van der Waals surface area contributed by atoms with Gasteiger partial charge in [-0.1, -0.05) is 12.1 Å². The van der Waals surface area contributed by atoms with Crippen LogP contribution in [0.5, 0.6) is 0 Å². The SMILES string of the molecule is CC(C)Nc1ncc(C(=O)NCc2ccc(S(N)(=O)=O)cc2)cn1. The van der Waals surface area contributed by atoms with E-state index in [1.807, 2.05) is 13.8 Å². The maximum absolute atomic E-state index is 12.1. The highest BCUT2D eigenvalue weighted by Gasteiger charge is 2.09. The van der Waals surface area contributed by atoms with Gasteiger partial charge in [0, 0.05) is 25.0 Å². The summed E-state index contributed by atoms with van der Waals surface area (Å²) in [4.78, 5) is 20.2. The molecule has 0 radical (unpaired) electrons. The maximum Gasteiger partial charge on any atom is 0.254 e. The standard InChI is InChI=1S/C15H19N5O3S/c1-10(2)20-15-18-8-12(9-19-15)14(21)17-7-11-3-5-13(6-4-11)24(16,22)23/h3-6,8-10H,7H2,1-2H3,(H,17,21)(H2,16,22,23)(H,18,19,20). The molecule has 2 rings (SSSR count). The Morgan fingerprint density at radius 3 is 2.25 bits per heavy atom. The highest BCUT2D eigenvalue weighted by molar-refractivity contribution is 7.89. The van der Waals surface area contributed by atoms with E-state index in [2.05, 4.69) is 20.6 Å². The molecule has 9 heteroatoms. The van der Waals surface area contributed by atoms with Gasteiger partial charge in [-0.2, -0.15) is 0 Å². The Balaban J connectivity index is 1.95. The summed E-state index contributed by atoms with van der Waals surface area (Å²) in [7, 11) is -3.72. The summed E-state index contributed by atoms with van der Waals surface area (Å²) >= 11 is 0. The van der Waals surface area contributed by atoms with Gasteiger partial charge in [-0.15, -0.1) is 0 Å². The van der Waals surface area contributed by atoms with Crippen molar-refractivity contribution in [3.63, 3.8) is 0 Å². The van der Waals surface area contributed by atoms with E-state index < -0.39 is 10.0 Å². The first-order valence-electron chi connectivity index (χ1n) is 7.24. The van der Waals surface area contributed by atoms with Crippen LogP contribution in [0.4, 0.5) is 5.95 Å². The average molecular weight is 349 g/mol. The van der Waals surface area contributed by atoms with Crippen molar-refractivity contribution in [2.45, 2.75) is 31.3 Å². The molecule has 0 unspecified atom stereocenters. The summed E-state index contributed by atoms with van der Waals surface area (Å²) in [6, 6.07) is 6.17. The van der Waals surface area contributed by atoms with Crippen LogP contribution >= 0.6 is 0 Å². The number of sulfonamides is 1. The second-order valence-electron chi connectivity index (χ2n) is 5.47. The molecule has 8 nitrogen and oxygen atoms in total. The lowest BCUT2D eigenvalue weighted by molar-refractivity contribution is 0.0950. The molecule has 0 aliphatic carbocycles. The van der Waals surface area contributed by atoms with Gasteiger partial charge in [0.1, 0.15) is 0 Å². The fourth-order valence-corrected chi connectivity index (χ4v) is 2.37. The first-order chi connectivity index (χ1) is 11.3. The summed E-state index contributed by atoms with van der Waals surface area (Å²) in [5, 5.41) is 10.8. The molecule has 4 N–H and O–H groups in total. The topological polar surface area (TPSA) is 127 Å². The molecule has 0 spiro atoms. The van der Waals surface area contributed by atoms with E-state index in [4.69, 9.17) is 5.14 Å². The van der Waals surface area contributed by atoms with Crippen LogP contribution < -0.4 is 15.8 Å². The van der Waals surface area contributed by atoms with Crippen molar-refractivity contribution in [3.05, 3.63) is 47.8 Å². The molecular formula is C15H19N5O3S. The van der Waals surface area contributed by atoms with Crippen LogP contribution in [0.3, 0.4) is 0 Å². The molecule has 1 heterocycles. The third kappa shape index (κ3) is 5.00. The Morgan fingerprint density at radius 2 is 1.75 bits per heavy atom. The Kier molecular flexibility index (Phi) is 5.47. The van der Waals surface area contributed by atoms with Crippen molar-refractivity contribution in [3.8, 4) is 0 Å². The zero-order valence-corrected chi connectivity index (χ0v) is 14.2.